The van der Waals surface area contributed by atoms with Gasteiger partial charge in [-0.05, 0) is 25.0 Å². The Labute approximate surface area is 85.4 Å². The van der Waals surface area contributed by atoms with Gasteiger partial charge >= 0.3 is 6.18 Å². The van der Waals surface area contributed by atoms with E-state index in [0.29, 0.717) is 12.2 Å². The molecule has 15 heavy (non-hydrogen) atoms. The molecule has 1 heterocycles. The zero-order chi connectivity index (χ0) is 11.3. The molecule has 0 radical (unpaired) electrons. The van der Waals surface area contributed by atoms with E-state index in [9.17, 15) is 13.2 Å². The Morgan fingerprint density at radius 3 is 2.67 bits per heavy atom. The van der Waals surface area contributed by atoms with Crippen LogP contribution < -0.4 is 11.3 Å². The molecule has 1 atom stereocenters. The van der Waals surface area contributed by atoms with Gasteiger partial charge in [-0.25, -0.2) is 5.43 Å². The molecule has 0 aliphatic rings. The van der Waals surface area contributed by atoms with E-state index >= 15 is 0 Å². The molecule has 3 N–H and O–H groups in total. The maximum absolute atomic E-state index is 11.9. The number of halogens is 3. The third-order valence-electron chi connectivity index (χ3n) is 2.04. The van der Waals surface area contributed by atoms with Gasteiger partial charge < -0.3 is 4.42 Å². The average molecular weight is 222 g/mol. The van der Waals surface area contributed by atoms with Crippen molar-refractivity contribution in [1.82, 2.24) is 5.43 Å². The average Bonchev–Trinajstić information content (AvgIpc) is 2.63. The van der Waals surface area contributed by atoms with Gasteiger partial charge in [-0.3, -0.25) is 5.84 Å². The summed E-state index contributed by atoms with van der Waals surface area (Å²) in [4.78, 5) is 0. The van der Waals surface area contributed by atoms with Gasteiger partial charge in [0.1, 0.15) is 5.76 Å². The lowest BCUT2D eigenvalue weighted by molar-refractivity contribution is -0.135. The molecule has 0 saturated heterocycles. The van der Waals surface area contributed by atoms with E-state index in [4.69, 9.17) is 10.3 Å². The number of nitrogens with two attached hydrogens (primary N) is 1. The van der Waals surface area contributed by atoms with Crippen LogP contribution in [0.4, 0.5) is 13.2 Å². The molecule has 6 heteroatoms. The topological polar surface area (TPSA) is 51.2 Å². The SMILES string of the molecule is NNC(CCCC(F)(F)F)c1ccco1. The van der Waals surface area contributed by atoms with E-state index < -0.39 is 12.6 Å². The third kappa shape index (κ3) is 4.35. The number of hydrazine groups is 1. The lowest BCUT2D eigenvalue weighted by atomic mass is 10.1. The maximum Gasteiger partial charge on any atom is 0.389 e. The fourth-order valence-electron chi connectivity index (χ4n) is 1.30. The number of nitrogens with one attached hydrogen (secondary N) is 1. The fraction of sp³-hybridized carbons (Fsp3) is 0.556. The minimum absolute atomic E-state index is 0.0269. The molecule has 1 aromatic rings. The lowest BCUT2D eigenvalue weighted by Crippen LogP contribution is -2.28. The van der Waals surface area contributed by atoms with E-state index in [1.807, 2.05) is 0 Å². The van der Waals surface area contributed by atoms with E-state index in [1.54, 1.807) is 12.1 Å². The quantitative estimate of drug-likeness (QED) is 0.594. The van der Waals surface area contributed by atoms with Crippen LogP contribution >= 0.6 is 0 Å². The Hall–Kier alpha value is -1.01. The second-order valence-corrected chi connectivity index (χ2v) is 3.24. The van der Waals surface area contributed by atoms with Gasteiger partial charge in [0.25, 0.3) is 0 Å². The first-order chi connectivity index (χ1) is 7.03. The maximum atomic E-state index is 11.9. The normalized spacial score (nSPS) is 14.1. The molecule has 86 valence electrons. The molecule has 0 aromatic carbocycles. The summed E-state index contributed by atoms with van der Waals surface area (Å²) in [6.07, 6.45) is -3.12. The van der Waals surface area contributed by atoms with Crippen molar-refractivity contribution in [2.45, 2.75) is 31.5 Å². The number of rotatable bonds is 5. The standard InChI is InChI=1S/C9H13F3N2O/c10-9(11,12)5-1-3-7(14-13)8-4-2-6-15-8/h2,4,6-7,14H,1,3,5,13H2. The van der Waals surface area contributed by atoms with Crippen molar-refractivity contribution < 1.29 is 17.6 Å². The van der Waals surface area contributed by atoms with E-state index in [1.165, 1.54) is 6.26 Å². The molecule has 0 bridgehead atoms. The molecule has 0 amide bonds. The van der Waals surface area contributed by atoms with Crippen LogP contribution in [0.1, 0.15) is 31.1 Å². The van der Waals surface area contributed by atoms with Gasteiger partial charge in [0.2, 0.25) is 0 Å². The summed E-state index contributed by atoms with van der Waals surface area (Å²) in [6, 6.07) is 2.99. The lowest BCUT2D eigenvalue weighted by Gasteiger charge is -2.13. The second kappa shape index (κ2) is 5.18. The first-order valence-corrected chi connectivity index (χ1v) is 4.59. The molecule has 0 saturated carbocycles. The van der Waals surface area contributed by atoms with Crippen LogP contribution in [0.2, 0.25) is 0 Å². The van der Waals surface area contributed by atoms with E-state index in [2.05, 4.69) is 5.43 Å². The smallest absolute Gasteiger partial charge is 0.389 e. The zero-order valence-corrected chi connectivity index (χ0v) is 8.05. The number of hydrogen-bond donors (Lipinski definition) is 2. The predicted molar refractivity (Wildman–Crippen MR) is 48.7 cm³/mol. The van der Waals surface area contributed by atoms with Crippen molar-refractivity contribution >= 4 is 0 Å². The molecule has 0 fully saturated rings. The van der Waals surface area contributed by atoms with Crippen LogP contribution in [0, 0.1) is 0 Å². The summed E-state index contributed by atoms with van der Waals surface area (Å²) in [7, 11) is 0. The van der Waals surface area contributed by atoms with Crippen LogP contribution in [0.5, 0.6) is 0 Å². The summed E-state index contributed by atoms with van der Waals surface area (Å²) >= 11 is 0. The molecule has 1 rings (SSSR count). The number of alkyl halides is 3. The molecule has 0 spiro atoms. The van der Waals surface area contributed by atoms with Crippen LogP contribution in [0.15, 0.2) is 22.8 Å². The highest BCUT2D eigenvalue weighted by Crippen LogP contribution is 2.26. The van der Waals surface area contributed by atoms with Crippen molar-refractivity contribution in [2.24, 2.45) is 5.84 Å². The highest BCUT2D eigenvalue weighted by atomic mass is 19.4. The molecule has 1 unspecified atom stereocenters. The van der Waals surface area contributed by atoms with Crippen molar-refractivity contribution in [2.75, 3.05) is 0 Å². The monoisotopic (exact) mass is 222 g/mol. The van der Waals surface area contributed by atoms with Crippen LogP contribution in [-0.2, 0) is 0 Å². The number of furan rings is 1. The van der Waals surface area contributed by atoms with Gasteiger partial charge in [-0.1, -0.05) is 0 Å². The Bertz CT molecular complexity index is 271. The van der Waals surface area contributed by atoms with E-state index in [0.717, 1.165) is 0 Å². The van der Waals surface area contributed by atoms with Crippen LogP contribution in [0.25, 0.3) is 0 Å². The largest absolute Gasteiger partial charge is 0.468 e. The fourth-order valence-corrected chi connectivity index (χ4v) is 1.30. The summed E-state index contributed by atoms with van der Waals surface area (Å²) in [5.74, 6) is 5.78. The summed E-state index contributed by atoms with van der Waals surface area (Å²) in [5.41, 5.74) is 2.43. The molecular formula is C9H13F3N2O. The Kier molecular flexibility index (Phi) is 4.16. The minimum atomic E-state index is -4.11. The molecule has 0 aliphatic carbocycles. The van der Waals surface area contributed by atoms with Gasteiger partial charge in [-0.15, -0.1) is 0 Å². The van der Waals surface area contributed by atoms with Gasteiger partial charge in [-0.2, -0.15) is 13.2 Å². The summed E-state index contributed by atoms with van der Waals surface area (Å²) < 4.78 is 40.7. The zero-order valence-electron chi connectivity index (χ0n) is 8.05. The van der Waals surface area contributed by atoms with Gasteiger partial charge in [0, 0.05) is 6.42 Å². The van der Waals surface area contributed by atoms with Crippen molar-refractivity contribution in [1.29, 1.82) is 0 Å². The summed E-state index contributed by atoms with van der Waals surface area (Å²) in [5, 5.41) is 0. The van der Waals surface area contributed by atoms with Crippen molar-refractivity contribution in [3.63, 3.8) is 0 Å². The third-order valence-corrected chi connectivity index (χ3v) is 2.04. The predicted octanol–water partition coefficient (Wildman–Crippen LogP) is 2.52. The van der Waals surface area contributed by atoms with Crippen molar-refractivity contribution in [3.8, 4) is 0 Å². The van der Waals surface area contributed by atoms with Gasteiger partial charge in [0.15, 0.2) is 0 Å². The minimum Gasteiger partial charge on any atom is -0.468 e. The molecule has 3 nitrogen and oxygen atoms in total. The Morgan fingerprint density at radius 2 is 2.20 bits per heavy atom. The summed E-state index contributed by atoms with van der Waals surface area (Å²) in [6.45, 7) is 0. The first kappa shape index (κ1) is 12.1. The highest BCUT2D eigenvalue weighted by molar-refractivity contribution is 5.03. The second-order valence-electron chi connectivity index (χ2n) is 3.24. The van der Waals surface area contributed by atoms with Crippen molar-refractivity contribution in [3.05, 3.63) is 24.2 Å². The van der Waals surface area contributed by atoms with Crippen LogP contribution in [0.3, 0.4) is 0 Å². The highest BCUT2D eigenvalue weighted by Gasteiger charge is 2.27. The number of hydrogen-bond acceptors (Lipinski definition) is 3. The van der Waals surface area contributed by atoms with E-state index in [-0.39, 0.29) is 12.5 Å². The Morgan fingerprint density at radius 1 is 1.47 bits per heavy atom. The molecule has 0 aliphatic heterocycles. The molecular weight excluding hydrogens is 209 g/mol. The molecule has 1 aromatic heterocycles. The first-order valence-electron chi connectivity index (χ1n) is 4.59. The van der Waals surface area contributed by atoms with Gasteiger partial charge in [0.05, 0.1) is 12.3 Å². The van der Waals surface area contributed by atoms with Crippen LogP contribution in [-0.4, -0.2) is 6.18 Å². The Balaban J connectivity index is 2.36.